The Bertz CT molecular complexity index is 629. The molecule has 0 saturated carbocycles. The molecule has 0 spiro atoms. The molecule has 1 aromatic heterocycles. The fourth-order valence-corrected chi connectivity index (χ4v) is 2.60. The Morgan fingerprint density at radius 1 is 1.42 bits per heavy atom. The van der Waals surface area contributed by atoms with E-state index in [1.165, 1.54) is 0 Å². The number of aromatic nitrogens is 1. The summed E-state index contributed by atoms with van der Waals surface area (Å²) in [7, 11) is 0. The third kappa shape index (κ3) is 2.49. The molecule has 0 aliphatic carbocycles. The van der Waals surface area contributed by atoms with E-state index >= 15 is 0 Å². The molecule has 4 heteroatoms. The van der Waals surface area contributed by atoms with Crippen molar-refractivity contribution in [1.82, 2.24) is 4.98 Å². The number of hydrogen-bond acceptors (Lipinski definition) is 3. The summed E-state index contributed by atoms with van der Waals surface area (Å²) < 4.78 is 5.40. The molecule has 0 bridgehead atoms. The van der Waals surface area contributed by atoms with Crippen molar-refractivity contribution in [3.05, 3.63) is 40.7 Å². The van der Waals surface area contributed by atoms with Crippen LogP contribution in [0.25, 0.3) is 10.8 Å². The molecule has 2 N–H and O–H groups in total. The summed E-state index contributed by atoms with van der Waals surface area (Å²) in [5.74, 6) is 1.29. The summed E-state index contributed by atoms with van der Waals surface area (Å²) in [6.45, 7) is 3.77. The van der Waals surface area contributed by atoms with Crippen molar-refractivity contribution in [2.45, 2.75) is 19.4 Å². The lowest BCUT2D eigenvalue weighted by Gasteiger charge is -2.20. The van der Waals surface area contributed by atoms with E-state index in [9.17, 15) is 4.79 Å². The van der Waals surface area contributed by atoms with Crippen molar-refractivity contribution >= 4 is 16.6 Å². The highest BCUT2D eigenvalue weighted by Gasteiger charge is 2.22. The Labute approximate surface area is 111 Å². The van der Waals surface area contributed by atoms with Gasteiger partial charge in [-0.2, -0.15) is 0 Å². The normalized spacial score (nSPS) is 20.6. The molecule has 4 nitrogen and oxygen atoms in total. The zero-order valence-corrected chi connectivity index (χ0v) is 11.0. The highest BCUT2D eigenvalue weighted by atomic mass is 16.5. The number of rotatable bonds is 3. The van der Waals surface area contributed by atoms with E-state index in [2.05, 4.69) is 17.2 Å². The van der Waals surface area contributed by atoms with Crippen molar-refractivity contribution in [3.8, 4) is 0 Å². The summed E-state index contributed by atoms with van der Waals surface area (Å²) in [6, 6.07) is 9.90. The van der Waals surface area contributed by atoms with Gasteiger partial charge < -0.3 is 15.0 Å². The second-order valence-electron chi connectivity index (χ2n) is 5.16. The second-order valence-corrected chi connectivity index (χ2v) is 5.16. The van der Waals surface area contributed by atoms with Crippen molar-refractivity contribution in [2.24, 2.45) is 5.92 Å². The minimum absolute atomic E-state index is 0.0459. The van der Waals surface area contributed by atoms with Crippen LogP contribution in [0.4, 0.5) is 5.82 Å². The van der Waals surface area contributed by atoms with Crippen molar-refractivity contribution < 1.29 is 4.74 Å². The smallest absolute Gasteiger partial charge is 0.257 e. The topological polar surface area (TPSA) is 54.1 Å². The van der Waals surface area contributed by atoms with Gasteiger partial charge in [0.2, 0.25) is 0 Å². The summed E-state index contributed by atoms with van der Waals surface area (Å²) in [5, 5.41) is 5.07. The van der Waals surface area contributed by atoms with Crippen molar-refractivity contribution in [3.63, 3.8) is 0 Å². The SMILES string of the molecule is CC(Nc1cc2ccccc2c(=O)[nH]1)C1CCOC1. The predicted octanol–water partition coefficient (Wildman–Crippen LogP) is 2.37. The van der Waals surface area contributed by atoms with Crippen LogP contribution >= 0.6 is 0 Å². The Morgan fingerprint density at radius 3 is 3.05 bits per heavy atom. The molecule has 0 radical (unpaired) electrons. The lowest BCUT2D eigenvalue weighted by Crippen LogP contribution is -2.27. The van der Waals surface area contributed by atoms with Gasteiger partial charge in [0.25, 0.3) is 5.56 Å². The van der Waals surface area contributed by atoms with Crippen LogP contribution in [0.1, 0.15) is 13.3 Å². The zero-order chi connectivity index (χ0) is 13.2. The number of hydrogen-bond donors (Lipinski definition) is 2. The van der Waals surface area contributed by atoms with Gasteiger partial charge in [-0.05, 0) is 30.9 Å². The summed E-state index contributed by atoms with van der Waals surface area (Å²) >= 11 is 0. The van der Waals surface area contributed by atoms with E-state index in [4.69, 9.17) is 4.74 Å². The van der Waals surface area contributed by atoms with Gasteiger partial charge in [0.05, 0.1) is 6.61 Å². The van der Waals surface area contributed by atoms with Gasteiger partial charge in [0, 0.05) is 24.0 Å². The van der Waals surface area contributed by atoms with Gasteiger partial charge in [-0.15, -0.1) is 0 Å². The van der Waals surface area contributed by atoms with Crippen LogP contribution in [-0.2, 0) is 4.74 Å². The van der Waals surface area contributed by atoms with Crippen LogP contribution < -0.4 is 10.9 Å². The quantitative estimate of drug-likeness (QED) is 0.888. The first-order valence-electron chi connectivity index (χ1n) is 6.70. The predicted molar refractivity (Wildman–Crippen MR) is 76.6 cm³/mol. The molecule has 0 amide bonds. The van der Waals surface area contributed by atoms with E-state index < -0.39 is 0 Å². The molecule has 1 aromatic carbocycles. The van der Waals surface area contributed by atoms with E-state index in [1.54, 1.807) is 0 Å². The van der Waals surface area contributed by atoms with E-state index in [1.807, 2.05) is 30.3 Å². The summed E-state index contributed by atoms with van der Waals surface area (Å²) in [6.07, 6.45) is 1.08. The molecule has 1 fully saturated rings. The van der Waals surface area contributed by atoms with E-state index in [0.29, 0.717) is 12.0 Å². The molecule has 2 heterocycles. The third-order valence-electron chi connectivity index (χ3n) is 3.81. The number of aromatic amines is 1. The molecule has 2 atom stereocenters. The van der Waals surface area contributed by atoms with Crippen molar-refractivity contribution in [2.75, 3.05) is 18.5 Å². The monoisotopic (exact) mass is 258 g/mol. The number of pyridine rings is 1. The Morgan fingerprint density at radius 2 is 2.26 bits per heavy atom. The van der Waals surface area contributed by atoms with Crippen LogP contribution in [0.5, 0.6) is 0 Å². The second kappa shape index (κ2) is 5.05. The third-order valence-corrected chi connectivity index (χ3v) is 3.81. The molecule has 19 heavy (non-hydrogen) atoms. The maximum atomic E-state index is 12.0. The van der Waals surface area contributed by atoms with Crippen LogP contribution in [0.15, 0.2) is 35.1 Å². The number of H-pyrrole nitrogens is 1. The van der Waals surface area contributed by atoms with Gasteiger partial charge in [-0.3, -0.25) is 4.79 Å². The molecular weight excluding hydrogens is 240 g/mol. The van der Waals surface area contributed by atoms with Gasteiger partial charge in [-0.1, -0.05) is 18.2 Å². The minimum Gasteiger partial charge on any atom is -0.381 e. The fourth-order valence-electron chi connectivity index (χ4n) is 2.60. The highest BCUT2D eigenvalue weighted by Crippen LogP contribution is 2.20. The lowest BCUT2D eigenvalue weighted by atomic mass is 10.0. The number of anilines is 1. The molecule has 100 valence electrons. The van der Waals surface area contributed by atoms with Crippen molar-refractivity contribution in [1.29, 1.82) is 0 Å². The zero-order valence-electron chi connectivity index (χ0n) is 11.0. The maximum Gasteiger partial charge on any atom is 0.257 e. The van der Waals surface area contributed by atoms with Gasteiger partial charge in [-0.25, -0.2) is 0 Å². The lowest BCUT2D eigenvalue weighted by molar-refractivity contribution is 0.183. The summed E-state index contributed by atoms with van der Waals surface area (Å²) in [4.78, 5) is 14.9. The minimum atomic E-state index is -0.0459. The molecule has 2 unspecified atom stereocenters. The number of nitrogens with one attached hydrogen (secondary N) is 2. The fraction of sp³-hybridized carbons (Fsp3) is 0.400. The number of benzene rings is 1. The maximum absolute atomic E-state index is 12.0. The van der Waals surface area contributed by atoms with E-state index in [0.717, 1.165) is 36.2 Å². The molecule has 2 aromatic rings. The molecular formula is C15H18N2O2. The van der Waals surface area contributed by atoms with Gasteiger partial charge in [0.1, 0.15) is 5.82 Å². The Balaban J connectivity index is 1.86. The van der Waals surface area contributed by atoms with Crippen LogP contribution in [0.3, 0.4) is 0 Å². The van der Waals surface area contributed by atoms with Crippen LogP contribution in [0, 0.1) is 5.92 Å². The van der Waals surface area contributed by atoms with Gasteiger partial charge in [0.15, 0.2) is 0 Å². The highest BCUT2D eigenvalue weighted by molar-refractivity contribution is 5.83. The average Bonchev–Trinajstić information content (AvgIpc) is 2.93. The number of ether oxygens (including phenoxy) is 1. The first-order chi connectivity index (χ1) is 9.24. The van der Waals surface area contributed by atoms with Crippen LogP contribution in [0.2, 0.25) is 0 Å². The summed E-state index contributed by atoms with van der Waals surface area (Å²) in [5.41, 5.74) is -0.0459. The first-order valence-corrected chi connectivity index (χ1v) is 6.70. The average molecular weight is 258 g/mol. The number of fused-ring (bicyclic) bond motifs is 1. The standard InChI is InChI=1S/C15H18N2O2/c1-10(12-6-7-19-9-12)16-14-8-11-4-2-3-5-13(11)15(18)17-14/h2-5,8,10,12H,6-7,9H2,1H3,(H2,16,17,18). The molecule has 1 aliphatic heterocycles. The van der Waals surface area contributed by atoms with Crippen LogP contribution in [-0.4, -0.2) is 24.2 Å². The van der Waals surface area contributed by atoms with Gasteiger partial charge >= 0.3 is 0 Å². The molecule has 3 rings (SSSR count). The Hall–Kier alpha value is -1.81. The largest absolute Gasteiger partial charge is 0.381 e. The Kier molecular flexibility index (Phi) is 3.25. The van der Waals surface area contributed by atoms with E-state index in [-0.39, 0.29) is 5.56 Å². The first kappa shape index (κ1) is 12.2. The molecule has 1 aliphatic rings. The molecule has 1 saturated heterocycles.